The molecule has 0 spiro atoms. The highest BCUT2D eigenvalue weighted by Crippen LogP contribution is 2.38. The first-order chi connectivity index (χ1) is 13.9. The lowest BCUT2D eigenvalue weighted by atomic mass is 10.0. The summed E-state index contributed by atoms with van der Waals surface area (Å²) in [5, 5.41) is 39.8. The molecule has 0 unspecified atom stereocenters. The average molecular weight is 445 g/mol. The van der Waals surface area contributed by atoms with Gasteiger partial charge in [-0.25, -0.2) is 0 Å². The third-order valence-electron chi connectivity index (χ3n) is 4.83. The molecule has 2 rings (SSSR count). The zero-order valence-electron chi connectivity index (χ0n) is 16.2. The van der Waals surface area contributed by atoms with E-state index in [1.807, 2.05) is 12.2 Å². The molecule has 0 saturated heterocycles. The lowest BCUT2D eigenvalue weighted by Crippen LogP contribution is -2.28. The van der Waals surface area contributed by atoms with Crippen molar-refractivity contribution in [2.45, 2.75) is 55.7 Å². The molecule has 1 saturated carbocycles. The first-order valence-corrected chi connectivity index (χ1v) is 11.2. The van der Waals surface area contributed by atoms with Crippen LogP contribution >= 0.6 is 23.4 Å². The Balaban J connectivity index is 1.75. The van der Waals surface area contributed by atoms with Crippen LogP contribution in [0.5, 0.6) is 5.75 Å². The fraction of sp³-hybridized carbons (Fsp3) is 0.571. The molecule has 1 aliphatic carbocycles. The van der Waals surface area contributed by atoms with Crippen LogP contribution in [0.25, 0.3) is 0 Å². The van der Waals surface area contributed by atoms with E-state index in [1.54, 1.807) is 24.3 Å². The van der Waals surface area contributed by atoms with Gasteiger partial charge in [0.25, 0.3) is 0 Å². The van der Waals surface area contributed by atoms with Gasteiger partial charge in [-0.1, -0.05) is 29.8 Å². The summed E-state index contributed by atoms with van der Waals surface area (Å²) in [6, 6.07) is 6.96. The molecule has 6 nitrogen and oxygen atoms in total. The first-order valence-electron chi connectivity index (χ1n) is 9.77. The van der Waals surface area contributed by atoms with E-state index in [0.29, 0.717) is 42.2 Å². The van der Waals surface area contributed by atoms with E-state index >= 15 is 0 Å². The number of benzene rings is 1. The van der Waals surface area contributed by atoms with E-state index in [2.05, 4.69) is 0 Å². The molecule has 29 heavy (non-hydrogen) atoms. The van der Waals surface area contributed by atoms with E-state index < -0.39 is 24.3 Å². The Morgan fingerprint density at radius 2 is 2.10 bits per heavy atom. The maximum absolute atomic E-state index is 10.5. The summed E-state index contributed by atoms with van der Waals surface area (Å²) in [6.45, 7) is 0.118. The predicted octanol–water partition coefficient (Wildman–Crippen LogP) is 3.12. The van der Waals surface area contributed by atoms with Crippen molar-refractivity contribution < 1.29 is 30.0 Å². The van der Waals surface area contributed by atoms with Gasteiger partial charge < -0.3 is 25.2 Å². The van der Waals surface area contributed by atoms with Crippen molar-refractivity contribution in [2.75, 3.05) is 12.4 Å². The summed E-state index contributed by atoms with van der Waals surface area (Å²) in [4.78, 5) is 10.5. The summed E-state index contributed by atoms with van der Waals surface area (Å²) in [5.41, 5.74) is 0. The normalized spacial score (nSPS) is 25.4. The number of carboxylic acids is 1. The molecule has 5 atom stereocenters. The third-order valence-corrected chi connectivity index (χ3v) is 6.70. The zero-order chi connectivity index (χ0) is 21.2. The summed E-state index contributed by atoms with van der Waals surface area (Å²) in [7, 11) is 0. The van der Waals surface area contributed by atoms with Crippen LogP contribution in [-0.2, 0) is 4.79 Å². The largest absolute Gasteiger partial charge is 0.491 e. The fourth-order valence-corrected chi connectivity index (χ4v) is 4.94. The fourth-order valence-electron chi connectivity index (χ4n) is 3.35. The topological polar surface area (TPSA) is 107 Å². The van der Waals surface area contributed by atoms with Gasteiger partial charge in [0.15, 0.2) is 0 Å². The second kappa shape index (κ2) is 12.4. The molecule has 162 valence electrons. The first kappa shape index (κ1) is 24.0. The standard InChI is InChI=1S/C21H29ClO6S/c22-14-6-5-7-16(10-14)28-12-15(23)13-29-21-17(18(24)11-19(21)25)8-3-1-2-4-9-20(26)27/h1,3,5-7,10,15,17-19,21,23-25H,2,4,8-9,11-13H2,(H,26,27)/b3-1-/t15-,17-,18-,19+,21+/m1/s1. The van der Waals surface area contributed by atoms with Crippen molar-refractivity contribution in [3.05, 3.63) is 41.4 Å². The van der Waals surface area contributed by atoms with E-state index in [9.17, 15) is 20.1 Å². The smallest absolute Gasteiger partial charge is 0.303 e. The second-order valence-electron chi connectivity index (χ2n) is 7.25. The van der Waals surface area contributed by atoms with Crippen LogP contribution in [0.15, 0.2) is 36.4 Å². The Morgan fingerprint density at radius 3 is 2.83 bits per heavy atom. The number of ether oxygens (including phenoxy) is 1. The number of hydrogen-bond acceptors (Lipinski definition) is 6. The second-order valence-corrected chi connectivity index (χ2v) is 8.89. The van der Waals surface area contributed by atoms with E-state index in [4.69, 9.17) is 21.4 Å². The SMILES string of the molecule is O=C(O)CCC/C=C\C[C@H]1[C@H](SC[C@H](O)COc2cccc(Cl)c2)[C@@H](O)C[C@H]1O. The average Bonchev–Trinajstić information content (AvgIpc) is 2.93. The minimum Gasteiger partial charge on any atom is -0.491 e. The number of aliphatic hydroxyl groups is 3. The Hall–Kier alpha value is -1.25. The number of carbonyl (C=O) groups is 1. The number of aliphatic carboxylic acids is 1. The van der Waals surface area contributed by atoms with Gasteiger partial charge in [0, 0.05) is 34.8 Å². The molecule has 0 amide bonds. The minimum atomic E-state index is -0.804. The van der Waals surface area contributed by atoms with Crippen molar-refractivity contribution in [2.24, 2.45) is 5.92 Å². The van der Waals surface area contributed by atoms with Gasteiger partial charge in [-0.3, -0.25) is 4.79 Å². The molecule has 8 heteroatoms. The number of carboxylic acid groups (broad SMARTS) is 1. The molecule has 4 N–H and O–H groups in total. The van der Waals surface area contributed by atoms with E-state index in [0.717, 1.165) is 0 Å². The highest BCUT2D eigenvalue weighted by molar-refractivity contribution is 8.00. The third kappa shape index (κ3) is 8.56. The monoisotopic (exact) mass is 444 g/mol. The zero-order valence-corrected chi connectivity index (χ0v) is 17.8. The van der Waals surface area contributed by atoms with Crippen molar-refractivity contribution in [3.63, 3.8) is 0 Å². The van der Waals surface area contributed by atoms with Crippen LogP contribution in [0.3, 0.4) is 0 Å². The Bertz CT molecular complexity index is 670. The number of halogens is 1. The number of unbranched alkanes of at least 4 members (excludes halogenated alkanes) is 1. The maximum atomic E-state index is 10.5. The molecule has 0 aromatic heterocycles. The van der Waals surface area contributed by atoms with Crippen LogP contribution < -0.4 is 4.74 Å². The predicted molar refractivity (Wildman–Crippen MR) is 115 cm³/mol. The van der Waals surface area contributed by atoms with E-state index in [1.165, 1.54) is 11.8 Å². The Morgan fingerprint density at radius 1 is 1.31 bits per heavy atom. The molecule has 0 bridgehead atoms. The van der Waals surface area contributed by atoms with Crippen LogP contribution in [0, 0.1) is 5.92 Å². The number of aliphatic hydroxyl groups excluding tert-OH is 3. The summed E-state index contributed by atoms with van der Waals surface area (Å²) < 4.78 is 5.55. The van der Waals surface area contributed by atoms with Gasteiger partial charge in [0.1, 0.15) is 12.4 Å². The Kier molecular flexibility index (Phi) is 10.3. The minimum absolute atomic E-state index is 0.105. The van der Waals surface area contributed by atoms with Gasteiger partial charge in [-0.05, 0) is 37.5 Å². The lowest BCUT2D eigenvalue weighted by molar-refractivity contribution is -0.137. The summed E-state index contributed by atoms with van der Waals surface area (Å²) >= 11 is 7.35. The van der Waals surface area contributed by atoms with Crippen molar-refractivity contribution in [3.8, 4) is 5.75 Å². The van der Waals surface area contributed by atoms with Crippen molar-refractivity contribution in [1.82, 2.24) is 0 Å². The quantitative estimate of drug-likeness (QED) is 0.290. The lowest BCUT2D eigenvalue weighted by Gasteiger charge is -2.23. The highest BCUT2D eigenvalue weighted by Gasteiger charge is 2.41. The summed E-state index contributed by atoms with van der Waals surface area (Å²) in [5.74, 6) is 0.0612. The molecule has 1 aliphatic rings. The number of rotatable bonds is 12. The maximum Gasteiger partial charge on any atom is 0.303 e. The number of thioether (sulfide) groups is 1. The highest BCUT2D eigenvalue weighted by atomic mass is 35.5. The van der Waals surface area contributed by atoms with Gasteiger partial charge in [0.2, 0.25) is 0 Å². The van der Waals surface area contributed by atoms with Gasteiger partial charge >= 0.3 is 5.97 Å². The summed E-state index contributed by atoms with van der Waals surface area (Å²) in [6.07, 6.45) is 4.28. The number of allylic oxidation sites excluding steroid dienone is 2. The van der Waals surface area contributed by atoms with Crippen LogP contribution in [0.1, 0.15) is 32.1 Å². The molecular formula is C21H29ClO6S. The molecule has 1 aromatic carbocycles. The molecular weight excluding hydrogens is 416 g/mol. The van der Waals surface area contributed by atoms with Crippen LogP contribution in [0.4, 0.5) is 0 Å². The Labute approximate surface area is 180 Å². The van der Waals surface area contributed by atoms with E-state index in [-0.39, 0.29) is 24.2 Å². The van der Waals surface area contributed by atoms with Gasteiger partial charge in [0.05, 0.1) is 18.3 Å². The van der Waals surface area contributed by atoms with Crippen LogP contribution in [-0.4, -0.2) is 62.3 Å². The van der Waals surface area contributed by atoms with Crippen molar-refractivity contribution >= 4 is 29.3 Å². The molecule has 1 aromatic rings. The van der Waals surface area contributed by atoms with Crippen LogP contribution in [0.2, 0.25) is 5.02 Å². The van der Waals surface area contributed by atoms with Gasteiger partial charge in [-0.2, -0.15) is 11.8 Å². The molecule has 0 radical (unpaired) electrons. The molecule has 0 heterocycles. The van der Waals surface area contributed by atoms with Crippen molar-refractivity contribution in [1.29, 1.82) is 0 Å². The number of hydrogen-bond donors (Lipinski definition) is 4. The molecule has 1 fully saturated rings. The molecule has 0 aliphatic heterocycles. The van der Waals surface area contributed by atoms with Gasteiger partial charge in [-0.15, -0.1) is 0 Å².